The average molecular weight is 266 g/mol. The SMILES string of the molecule is Cc1nc(C)c(C(C)NCc2cscc2C)s1. The van der Waals surface area contributed by atoms with E-state index in [1.54, 1.807) is 22.7 Å². The fourth-order valence-corrected chi connectivity index (χ4v) is 3.68. The van der Waals surface area contributed by atoms with E-state index in [9.17, 15) is 0 Å². The predicted molar refractivity (Wildman–Crippen MR) is 75.9 cm³/mol. The molecular weight excluding hydrogens is 248 g/mol. The lowest BCUT2D eigenvalue weighted by atomic mass is 10.2. The van der Waals surface area contributed by atoms with Gasteiger partial charge in [0.2, 0.25) is 0 Å². The third-order valence-corrected chi connectivity index (χ3v) is 5.06. The third kappa shape index (κ3) is 2.94. The molecule has 92 valence electrons. The summed E-state index contributed by atoms with van der Waals surface area (Å²) in [7, 11) is 0. The van der Waals surface area contributed by atoms with Gasteiger partial charge < -0.3 is 5.32 Å². The highest BCUT2D eigenvalue weighted by molar-refractivity contribution is 7.11. The van der Waals surface area contributed by atoms with Gasteiger partial charge in [0.15, 0.2) is 0 Å². The summed E-state index contributed by atoms with van der Waals surface area (Å²) >= 11 is 3.56. The Balaban J connectivity index is 2.00. The largest absolute Gasteiger partial charge is 0.305 e. The van der Waals surface area contributed by atoms with E-state index in [-0.39, 0.29) is 0 Å². The van der Waals surface area contributed by atoms with E-state index in [4.69, 9.17) is 0 Å². The molecule has 2 aromatic rings. The summed E-state index contributed by atoms with van der Waals surface area (Å²) in [6.45, 7) is 9.47. The van der Waals surface area contributed by atoms with E-state index >= 15 is 0 Å². The normalized spacial score (nSPS) is 12.9. The Labute approximate surface area is 111 Å². The Bertz CT molecular complexity index is 499. The zero-order valence-corrected chi connectivity index (χ0v) is 12.3. The van der Waals surface area contributed by atoms with E-state index in [0.29, 0.717) is 6.04 Å². The maximum Gasteiger partial charge on any atom is 0.0900 e. The molecule has 17 heavy (non-hydrogen) atoms. The van der Waals surface area contributed by atoms with Gasteiger partial charge in [-0.2, -0.15) is 11.3 Å². The zero-order chi connectivity index (χ0) is 12.4. The van der Waals surface area contributed by atoms with Gasteiger partial charge in [0.05, 0.1) is 10.7 Å². The number of rotatable bonds is 4. The molecule has 2 heterocycles. The van der Waals surface area contributed by atoms with Crippen molar-refractivity contribution >= 4 is 22.7 Å². The van der Waals surface area contributed by atoms with Crippen LogP contribution in [0.1, 0.15) is 39.7 Å². The standard InChI is InChI=1S/C13H18N2S2/c1-8-6-16-7-12(8)5-14-9(2)13-10(3)15-11(4)17-13/h6-7,9,14H,5H2,1-4H3. The van der Waals surface area contributed by atoms with Crippen LogP contribution in [0, 0.1) is 20.8 Å². The molecule has 0 fully saturated rings. The summed E-state index contributed by atoms with van der Waals surface area (Å²) in [6, 6.07) is 0.375. The Hall–Kier alpha value is -0.710. The molecule has 0 aliphatic rings. The number of hydrogen-bond acceptors (Lipinski definition) is 4. The fourth-order valence-electron chi connectivity index (χ4n) is 1.87. The van der Waals surface area contributed by atoms with Gasteiger partial charge >= 0.3 is 0 Å². The fraction of sp³-hybridized carbons (Fsp3) is 0.462. The topological polar surface area (TPSA) is 24.9 Å². The van der Waals surface area contributed by atoms with Crippen LogP contribution < -0.4 is 5.32 Å². The molecule has 2 nitrogen and oxygen atoms in total. The lowest BCUT2D eigenvalue weighted by Gasteiger charge is -2.12. The molecule has 4 heteroatoms. The van der Waals surface area contributed by atoms with Crippen molar-refractivity contribution in [3.05, 3.63) is 37.5 Å². The predicted octanol–water partition coefficient (Wildman–Crippen LogP) is 3.98. The van der Waals surface area contributed by atoms with Crippen molar-refractivity contribution in [2.45, 2.75) is 40.3 Å². The molecule has 2 rings (SSSR count). The average Bonchev–Trinajstić information content (AvgIpc) is 2.81. The van der Waals surface area contributed by atoms with Crippen LogP contribution in [0.25, 0.3) is 0 Å². The zero-order valence-electron chi connectivity index (χ0n) is 10.7. The van der Waals surface area contributed by atoms with Crippen molar-refractivity contribution < 1.29 is 0 Å². The molecule has 0 bridgehead atoms. The lowest BCUT2D eigenvalue weighted by Crippen LogP contribution is -2.18. The van der Waals surface area contributed by atoms with Crippen molar-refractivity contribution in [2.75, 3.05) is 0 Å². The number of thiazole rings is 1. The second-order valence-electron chi connectivity index (χ2n) is 4.37. The third-order valence-electron chi connectivity index (χ3n) is 2.89. The van der Waals surface area contributed by atoms with Gasteiger partial charge in [-0.1, -0.05) is 0 Å². The van der Waals surface area contributed by atoms with Gasteiger partial charge in [-0.05, 0) is 49.6 Å². The molecule has 0 saturated heterocycles. The van der Waals surface area contributed by atoms with E-state index in [0.717, 1.165) is 17.2 Å². The molecule has 0 aromatic carbocycles. The molecule has 0 spiro atoms. The van der Waals surface area contributed by atoms with Crippen molar-refractivity contribution in [3.8, 4) is 0 Å². The first-order chi connectivity index (χ1) is 8.08. The number of hydrogen-bond donors (Lipinski definition) is 1. The van der Waals surface area contributed by atoms with Crippen LogP contribution in [-0.4, -0.2) is 4.98 Å². The minimum Gasteiger partial charge on any atom is -0.305 e. The lowest BCUT2D eigenvalue weighted by molar-refractivity contribution is 0.579. The molecule has 0 aliphatic carbocycles. The van der Waals surface area contributed by atoms with Crippen LogP contribution in [0.3, 0.4) is 0 Å². The van der Waals surface area contributed by atoms with Gasteiger partial charge in [0.1, 0.15) is 0 Å². The Morgan fingerprint density at radius 3 is 2.59 bits per heavy atom. The Morgan fingerprint density at radius 1 is 1.29 bits per heavy atom. The maximum atomic E-state index is 4.48. The smallest absolute Gasteiger partial charge is 0.0900 e. The monoisotopic (exact) mass is 266 g/mol. The molecule has 0 radical (unpaired) electrons. The Kier molecular flexibility index (Phi) is 3.97. The number of thiophene rings is 1. The molecule has 0 amide bonds. The summed E-state index contributed by atoms with van der Waals surface area (Å²) < 4.78 is 0. The first-order valence-corrected chi connectivity index (χ1v) is 7.53. The first kappa shape index (κ1) is 12.7. The number of nitrogens with one attached hydrogen (secondary N) is 1. The highest BCUT2D eigenvalue weighted by atomic mass is 32.1. The van der Waals surface area contributed by atoms with Crippen molar-refractivity contribution in [1.29, 1.82) is 0 Å². The molecule has 0 saturated carbocycles. The quantitative estimate of drug-likeness (QED) is 0.905. The van der Waals surface area contributed by atoms with Crippen LogP contribution in [0.4, 0.5) is 0 Å². The molecule has 1 atom stereocenters. The summed E-state index contributed by atoms with van der Waals surface area (Å²) in [5.41, 5.74) is 3.95. The first-order valence-electron chi connectivity index (χ1n) is 5.77. The second kappa shape index (κ2) is 5.29. The number of nitrogens with zero attached hydrogens (tertiary/aromatic N) is 1. The van der Waals surface area contributed by atoms with Gasteiger partial charge in [0.25, 0.3) is 0 Å². The minimum absolute atomic E-state index is 0.375. The van der Waals surface area contributed by atoms with Gasteiger partial charge in [-0.15, -0.1) is 11.3 Å². The molecule has 0 aliphatic heterocycles. The summed E-state index contributed by atoms with van der Waals surface area (Å²) in [4.78, 5) is 5.83. The van der Waals surface area contributed by atoms with Crippen molar-refractivity contribution in [1.82, 2.24) is 10.3 Å². The highest BCUT2D eigenvalue weighted by Crippen LogP contribution is 2.25. The molecule has 1 N–H and O–H groups in total. The van der Waals surface area contributed by atoms with Crippen LogP contribution in [0.2, 0.25) is 0 Å². The van der Waals surface area contributed by atoms with Crippen LogP contribution >= 0.6 is 22.7 Å². The second-order valence-corrected chi connectivity index (χ2v) is 6.34. The summed E-state index contributed by atoms with van der Waals surface area (Å²) in [6.07, 6.45) is 0. The van der Waals surface area contributed by atoms with E-state index in [1.807, 2.05) is 0 Å². The van der Waals surface area contributed by atoms with E-state index < -0.39 is 0 Å². The van der Waals surface area contributed by atoms with E-state index in [1.165, 1.54) is 16.0 Å². The van der Waals surface area contributed by atoms with Crippen LogP contribution in [-0.2, 0) is 6.54 Å². The van der Waals surface area contributed by atoms with Crippen molar-refractivity contribution in [2.24, 2.45) is 0 Å². The molecule has 2 aromatic heterocycles. The maximum absolute atomic E-state index is 4.48. The van der Waals surface area contributed by atoms with Crippen LogP contribution in [0.15, 0.2) is 10.8 Å². The number of aromatic nitrogens is 1. The van der Waals surface area contributed by atoms with E-state index in [2.05, 4.69) is 48.8 Å². The summed E-state index contributed by atoms with van der Waals surface area (Å²) in [5, 5.41) is 9.14. The van der Waals surface area contributed by atoms with Gasteiger partial charge in [-0.3, -0.25) is 0 Å². The summed E-state index contributed by atoms with van der Waals surface area (Å²) in [5.74, 6) is 0. The van der Waals surface area contributed by atoms with Crippen LogP contribution in [0.5, 0.6) is 0 Å². The molecular formula is C13H18N2S2. The Morgan fingerprint density at radius 2 is 2.06 bits per heavy atom. The van der Waals surface area contributed by atoms with Gasteiger partial charge in [-0.25, -0.2) is 4.98 Å². The highest BCUT2D eigenvalue weighted by Gasteiger charge is 2.12. The number of aryl methyl sites for hydroxylation is 3. The van der Waals surface area contributed by atoms with Gasteiger partial charge in [0, 0.05) is 17.5 Å². The molecule has 1 unspecified atom stereocenters. The minimum atomic E-state index is 0.375. The van der Waals surface area contributed by atoms with Crippen molar-refractivity contribution in [3.63, 3.8) is 0 Å².